The topological polar surface area (TPSA) is 114 Å². The molecule has 0 saturated heterocycles. The van der Waals surface area contributed by atoms with E-state index in [1.807, 2.05) is 19.1 Å². The van der Waals surface area contributed by atoms with Gasteiger partial charge in [0.1, 0.15) is 17.7 Å². The molecule has 0 fully saturated rings. The van der Waals surface area contributed by atoms with Crippen molar-refractivity contribution in [1.29, 1.82) is 0 Å². The van der Waals surface area contributed by atoms with Crippen LogP contribution in [0.1, 0.15) is 29.2 Å². The van der Waals surface area contributed by atoms with Crippen LogP contribution in [0.15, 0.2) is 37.2 Å². The SMILES string of the molecule is Cc1nn(-c2ncnc3nc[nH]c23)c2c1C(c1cccnc1)CC(=O)N2. The van der Waals surface area contributed by atoms with Crippen molar-refractivity contribution in [2.24, 2.45) is 0 Å². The van der Waals surface area contributed by atoms with Crippen molar-refractivity contribution in [3.63, 3.8) is 0 Å². The van der Waals surface area contributed by atoms with E-state index in [2.05, 4.69) is 35.3 Å². The van der Waals surface area contributed by atoms with E-state index in [1.54, 1.807) is 23.4 Å². The molecule has 0 bridgehead atoms. The fourth-order valence-electron chi connectivity index (χ4n) is 3.48. The van der Waals surface area contributed by atoms with Crippen molar-refractivity contribution >= 4 is 22.9 Å². The molecule has 4 aromatic rings. The first-order valence-electron chi connectivity index (χ1n) is 8.16. The quantitative estimate of drug-likeness (QED) is 0.571. The molecule has 26 heavy (non-hydrogen) atoms. The molecule has 0 spiro atoms. The number of hydrogen-bond donors (Lipinski definition) is 2. The third-order valence-corrected chi connectivity index (χ3v) is 4.59. The maximum atomic E-state index is 12.4. The van der Waals surface area contributed by atoms with Crippen LogP contribution < -0.4 is 5.32 Å². The normalized spacial score (nSPS) is 16.5. The second kappa shape index (κ2) is 5.45. The average molecular weight is 346 g/mol. The van der Waals surface area contributed by atoms with E-state index in [9.17, 15) is 4.79 Å². The Morgan fingerprint density at radius 2 is 2.19 bits per heavy atom. The summed E-state index contributed by atoms with van der Waals surface area (Å²) in [4.78, 5) is 32.3. The third kappa shape index (κ3) is 2.10. The number of aryl methyl sites for hydroxylation is 1. The second-order valence-electron chi connectivity index (χ2n) is 6.15. The van der Waals surface area contributed by atoms with Crippen LogP contribution >= 0.6 is 0 Å². The van der Waals surface area contributed by atoms with Gasteiger partial charge in [-0.05, 0) is 18.6 Å². The van der Waals surface area contributed by atoms with Gasteiger partial charge in [0, 0.05) is 30.3 Å². The number of carbonyl (C=O) groups is 1. The number of H-pyrrole nitrogens is 1. The molecule has 4 aromatic heterocycles. The second-order valence-corrected chi connectivity index (χ2v) is 6.15. The van der Waals surface area contributed by atoms with Gasteiger partial charge in [0.05, 0.1) is 12.0 Å². The Hall–Kier alpha value is -3.62. The van der Waals surface area contributed by atoms with Gasteiger partial charge in [-0.25, -0.2) is 15.0 Å². The molecule has 9 nitrogen and oxygen atoms in total. The number of pyridine rings is 1. The van der Waals surface area contributed by atoms with E-state index in [1.165, 1.54) is 6.33 Å². The molecule has 1 aliphatic heterocycles. The maximum absolute atomic E-state index is 12.4. The molecule has 1 unspecified atom stereocenters. The molecule has 1 aliphatic rings. The van der Waals surface area contributed by atoms with Crippen LogP contribution in [-0.2, 0) is 4.79 Å². The van der Waals surface area contributed by atoms with Gasteiger partial charge in [-0.2, -0.15) is 9.78 Å². The van der Waals surface area contributed by atoms with Gasteiger partial charge in [0.25, 0.3) is 0 Å². The molecule has 0 saturated carbocycles. The van der Waals surface area contributed by atoms with Crippen LogP contribution in [-0.4, -0.2) is 40.6 Å². The zero-order valence-electron chi connectivity index (χ0n) is 13.8. The predicted octanol–water partition coefficient (Wildman–Crippen LogP) is 1.72. The van der Waals surface area contributed by atoms with Gasteiger partial charge < -0.3 is 10.3 Å². The van der Waals surface area contributed by atoms with Gasteiger partial charge in [-0.3, -0.25) is 9.78 Å². The maximum Gasteiger partial charge on any atom is 0.226 e. The highest BCUT2D eigenvalue weighted by Gasteiger charge is 2.33. The Morgan fingerprint density at radius 1 is 1.27 bits per heavy atom. The number of rotatable bonds is 2. The van der Waals surface area contributed by atoms with Gasteiger partial charge in [0.15, 0.2) is 11.5 Å². The Labute approximate surface area is 147 Å². The van der Waals surface area contributed by atoms with E-state index >= 15 is 0 Å². The van der Waals surface area contributed by atoms with Crippen molar-refractivity contribution in [3.05, 3.63) is 54.0 Å². The van der Waals surface area contributed by atoms with Crippen LogP contribution in [0.25, 0.3) is 17.0 Å². The summed E-state index contributed by atoms with van der Waals surface area (Å²) >= 11 is 0. The largest absolute Gasteiger partial charge is 0.340 e. The minimum Gasteiger partial charge on any atom is -0.340 e. The zero-order valence-corrected chi connectivity index (χ0v) is 13.8. The number of aromatic nitrogens is 7. The summed E-state index contributed by atoms with van der Waals surface area (Å²) in [6.45, 7) is 1.93. The first-order chi connectivity index (χ1) is 12.7. The van der Waals surface area contributed by atoms with Crippen LogP contribution in [0.2, 0.25) is 0 Å². The molecule has 5 rings (SSSR count). The molecular weight excluding hydrogens is 332 g/mol. The minimum atomic E-state index is -0.0969. The number of amides is 1. The smallest absolute Gasteiger partial charge is 0.226 e. The van der Waals surface area contributed by atoms with Gasteiger partial charge in [-0.1, -0.05) is 6.07 Å². The minimum absolute atomic E-state index is 0.0672. The van der Waals surface area contributed by atoms with Crippen molar-refractivity contribution in [2.75, 3.05) is 5.32 Å². The van der Waals surface area contributed by atoms with E-state index in [0.29, 0.717) is 29.2 Å². The predicted molar refractivity (Wildman–Crippen MR) is 92.9 cm³/mol. The standard InChI is InChI=1S/C17H14N8O/c1-9-13-11(10-3-2-4-18-6-10)5-12(26)23-16(13)25(24-9)17-14-15(20-7-19-14)21-8-22-17/h2-4,6-8,11H,5H2,1H3,(H,23,26)(H,19,20,21,22). The molecule has 1 atom stereocenters. The molecule has 0 aromatic carbocycles. The lowest BCUT2D eigenvalue weighted by Gasteiger charge is -2.24. The van der Waals surface area contributed by atoms with Gasteiger partial charge in [-0.15, -0.1) is 0 Å². The van der Waals surface area contributed by atoms with Crippen LogP contribution in [0.5, 0.6) is 0 Å². The number of imidazole rings is 1. The highest BCUT2D eigenvalue weighted by molar-refractivity contribution is 5.95. The number of hydrogen-bond acceptors (Lipinski definition) is 6. The lowest BCUT2D eigenvalue weighted by molar-refractivity contribution is -0.116. The third-order valence-electron chi connectivity index (χ3n) is 4.59. The summed E-state index contributed by atoms with van der Waals surface area (Å²) in [5.41, 5.74) is 4.00. The molecule has 0 aliphatic carbocycles. The molecule has 2 N–H and O–H groups in total. The van der Waals surface area contributed by atoms with Crippen molar-refractivity contribution < 1.29 is 4.79 Å². The molecule has 0 radical (unpaired) electrons. The summed E-state index contributed by atoms with van der Waals surface area (Å²) in [5.74, 6) is 1.01. The summed E-state index contributed by atoms with van der Waals surface area (Å²) < 4.78 is 1.65. The summed E-state index contributed by atoms with van der Waals surface area (Å²) in [6, 6.07) is 3.86. The number of nitrogens with one attached hydrogen (secondary N) is 2. The Bertz CT molecular complexity index is 1130. The molecule has 9 heteroatoms. The van der Waals surface area contributed by atoms with E-state index in [0.717, 1.165) is 16.8 Å². The lowest BCUT2D eigenvalue weighted by Crippen LogP contribution is -2.25. The van der Waals surface area contributed by atoms with Crippen LogP contribution in [0, 0.1) is 6.92 Å². The van der Waals surface area contributed by atoms with E-state index in [-0.39, 0.29) is 11.8 Å². The Morgan fingerprint density at radius 3 is 3.04 bits per heavy atom. The zero-order chi connectivity index (χ0) is 17.7. The number of carbonyl (C=O) groups excluding carboxylic acids is 1. The fourth-order valence-corrected chi connectivity index (χ4v) is 3.48. The Kier molecular flexibility index (Phi) is 3.08. The van der Waals surface area contributed by atoms with Crippen molar-refractivity contribution in [2.45, 2.75) is 19.3 Å². The number of anilines is 1. The van der Waals surface area contributed by atoms with E-state index in [4.69, 9.17) is 0 Å². The first kappa shape index (κ1) is 14.7. The highest BCUT2D eigenvalue weighted by Crippen LogP contribution is 2.40. The van der Waals surface area contributed by atoms with Crippen molar-refractivity contribution in [3.8, 4) is 5.82 Å². The van der Waals surface area contributed by atoms with Crippen LogP contribution in [0.4, 0.5) is 5.82 Å². The van der Waals surface area contributed by atoms with E-state index < -0.39 is 0 Å². The fraction of sp³-hybridized carbons (Fsp3) is 0.176. The van der Waals surface area contributed by atoms with Gasteiger partial charge >= 0.3 is 0 Å². The number of aromatic amines is 1. The molecule has 5 heterocycles. The lowest BCUT2D eigenvalue weighted by atomic mass is 9.87. The average Bonchev–Trinajstić information content (AvgIpc) is 3.26. The summed E-state index contributed by atoms with van der Waals surface area (Å²) in [6.07, 6.45) is 6.86. The Balaban J connectivity index is 1.74. The molecular formula is C17H14N8O. The van der Waals surface area contributed by atoms with Crippen molar-refractivity contribution in [1.82, 2.24) is 34.7 Å². The summed E-state index contributed by atoms with van der Waals surface area (Å²) in [7, 11) is 0. The molecule has 1 amide bonds. The number of fused-ring (bicyclic) bond motifs is 2. The van der Waals surface area contributed by atoms with Crippen LogP contribution in [0.3, 0.4) is 0 Å². The molecule has 128 valence electrons. The summed E-state index contributed by atoms with van der Waals surface area (Å²) in [5, 5.41) is 7.60. The first-order valence-corrected chi connectivity index (χ1v) is 8.16. The van der Waals surface area contributed by atoms with Gasteiger partial charge in [0.2, 0.25) is 5.91 Å². The highest BCUT2D eigenvalue weighted by atomic mass is 16.1. The monoisotopic (exact) mass is 346 g/mol. The number of nitrogens with zero attached hydrogens (tertiary/aromatic N) is 6.